The number of hydrogen-bond donors (Lipinski definition) is 2. The quantitative estimate of drug-likeness (QED) is 0.767. The largest absolute Gasteiger partial charge is 0.480 e. The van der Waals surface area contributed by atoms with E-state index in [1.807, 2.05) is 17.5 Å². The molecule has 2 aromatic rings. The average molecular weight is 319 g/mol. The molecule has 0 aliphatic rings. The van der Waals surface area contributed by atoms with Crippen molar-refractivity contribution in [3.8, 4) is 10.6 Å². The molecule has 0 aliphatic carbocycles. The van der Waals surface area contributed by atoms with Gasteiger partial charge in [0, 0.05) is 13.2 Å². The molecule has 1 unspecified atom stereocenters. The van der Waals surface area contributed by atoms with Crippen molar-refractivity contribution in [2.24, 2.45) is 7.05 Å². The maximum atomic E-state index is 12.4. The monoisotopic (exact) mass is 319 g/mol. The first-order valence-corrected chi connectivity index (χ1v) is 7.63. The molecule has 0 fully saturated rings. The molecule has 0 aromatic carbocycles. The maximum Gasteiger partial charge on any atom is 0.326 e. The minimum absolute atomic E-state index is 0.305. The number of amides is 1. The highest BCUT2D eigenvalue weighted by Crippen LogP contribution is 2.26. The van der Waals surface area contributed by atoms with Gasteiger partial charge in [0.25, 0.3) is 5.91 Å². The molecule has 2 N–H and O–H groups in total. The summed E-state index contributed by atoms with van der Waals surface area (Å²) in [4.78, 5) is 24.5. The van der Waals surface area contributed by atoms with Gasteiger partial charge in [-0.2, -0.15) is 5.10 Å². The van der Waals surface area contributed by atoms with Crippen LogP contribution in [0.4, 0.5) is 0 Å². The number of nitrogens with zero attached hydrogens (tertiary/aromatic N) is 2. The maximum absolute atomic E-state index is 12.4. The second-order valence-corrected chi connectivity index (χ2v) is 5.72. The molecule has 116 valence electrons. The molecule has 1 amide bonds. The van der Waals surface area contributed by atoms with Crippen LogP contribution in [0.3, 0.4) is 0 Å². The Morgan fingerprint density at radius 3 is 2.95 bits per heavy atom. The lowest BCUT2D eigenvalue weighted by atomic mass is 10.1. The normalized spacial score (nSPS) is 11.9. The number of thiophene rings is 1. The van der Waals surface area contributed by atoms with Crippen LogP contribution in [0.1, 0.15) is 23.2 Å². The zero-order valence-electron chi connectivity index (χ0n) is 12.2. The van der Waals surface area contributed by atoms with Crippen LogP contribution >= 0.6 is 11.3 Å². The van der Waals surface area contributed by atoms with Crippen molar-refractivity contribution < 1.29 is 14.7 Å². The van der Waals surface area contributed by atoms with E-state index in [9.17, 15) is 14.7 Å². The Hall–Kier alpha value is -2.41. The van der Waals surface area contributed by atoms with E-state index in [1.54, 1.807) is 24.0 Å². The Balaban J connectivity index is 2.22. The summed E-state index contributed by atoms with van der Waals surface area (Å²) in [6.07, 6.45) is 4.04. The standard InChI is InChI=1S/C15H17N3O3S/c1-3-4-6-11(15(20)21)16-14(19)10-9-18(2)17-13(10)12-7-5-8-22-12/h3,5,7-9,11H,1,4,6H2,2H3,(H,16,19)(H,20,21). The van der Waals surface area contributed by atoms with Crippen LogP contribution < -0.4 is 5.32 Å². The summed E-state index contributed by atoms with van der Waals surface area (Å²) < 4.78 is 1.55. The van der Waals surface area contributed by atoms with Gasteiger partial charge in [-0.3, -0.25) is 9.48 Å². The second kappa shape index (κ2) is 7.04. The van der Waals surface area contributed by atoms with Gasteiger partial charge in [-0.25, -0.2) is 4.79 Å². The first-order valence-electron chi connectivity index (χ1n) is 6.75. The number of carboxylic acid groups (broad SMARTS) is 1. The molecule has 0 aliphatic heterocycles. The fraction of sp³-hybridized carbons (Fsp3) is 0.267. The van der Waals surface area contributed by atoms with E-state index in [0.29, 0.717) is 24.1 Å². The molecule has 0 saturated heterocycles. The van der Waals surface area contributed by atoms with E-state index >= 15 is 0 Å². The minimum Gasteiger partial charge on any atom is -0.480 e. The lowest BCUT2D eigenvalue weighted by Gasteiger charge is -2.13. The Labute approximate surface area is 132 Å². The van der Waals surface area contributed by atoms with E-state index in [0.717, 1.165) is 4.88 Å². The summed E-state index contributed by atoms with van der Waals surface area (Å²) in [5.74, 6) is -1.50. The van der Waals surface area contributed by atoms with Crippen LogP contribution in [0, 0.1) is 0 Å². The van der Waals surface area contributed by atoms with Crippen molar-refractivity contribution in [1.29, 1.82) is 0 Å². The molecular weight excluding hydrogens is 302 g/mol. The topological polar surface area (TPSA) is 84.2 Å². The molecular formula is C15H17N3O3S. The number of allylic oxidation sites excluding steroid dienone is 1. The van der Waals surface area contributed by atoms with Crippen LogP contribution in [0.25, 0.3) is 10.6 Å². The Morgan fingerprint density at radius 1 is 1.59 bits per heavy atom. The molecule has 7 heteroatoms. The number of aryl methyl sites for hydroxylation is 1. The average Bonchev–Trinajstić information content (AvgIpc) is 3.11. The van der Waals surface area contributed by atoms with Crippen molar-refractivity contribution in [1.82, 2.24) is 15.1 Å². The van der Waals surface area contributed by atoms with Gasteiger partial charge >= 0.3 is 5.97 Å². The summed E-state index contributed by atoms with van der Waals surface area (Å²) in [6.45, 7) is 3.56. The van der Waals surface area contributed by atoms with E-state index in [1.165, 1.54) is 11.3 Å². The van der Waals surface area contributed by atoms with E-state index in [4.69, 9.17) is 0 Å². The molecule has 22 heavy (non-hydrogen) atoms. The van der Waals surface area contributed by atoms with Crippen molar-refractivity contribution in [2.45, 2.75) is 18.9 Å². The molecule has 2 aromatic heterocycles. The van der Waals surface area contributed by atoms with Gasteiger partial charge in [0.15, 0.2) is 0 Å². The Bertz CT molecular complexity index is 676. The Morgan fingerprint density at radius 2 is 2.36 bits per heavy atom. The highest BCUT2D eigenvalue weighted by Gasteiger charge is 2.23. The Kier molecular flexibility index (Phi) is 5.11. The third kappa shape index (κ3) is 3.62. The molecule has 6 nitrogen and oxygen atoms in total. The number of hydrogen-bond acceptors (Lipinski definition) is 4. The molecule has 1 atom stereocenters. The second-order valence-electron chi connectivity index (χ2n) is 4.77. The predicted molar refractivity (Wildman–Crippen MR) is 84.8 cm³/mol. The van der Waals surface area contributed by atoms with Gasteiger partial charge in [0.2, 0.25) is 0 Å². The summed E-state index contributed by atoms with van der Waals surface area (Å²) in [7, 11) is 1.72. The van der Waals surface area contributed by atoms with Crippen molar-refractivity contribution in [3.05, 3.63) is 41.9 Å². The number of aliphatic carboxylic acids is 1. The molecule has 0 spiro atoms. The number of carboxylic acids is 1. The number of aromatic nitrogens is 2. The highest BCUT2D eigenvalue weighted by molar-refractivity contribution is 7.13. The van der Waals surface area contributed by atoms with Crippen LogP contribution in [0.2, 0.25) is 0 Å². The number of nitrogens with one attached hydrogen (secondary N) is 1. The molecule has 0 bridgehead atoms. The van der Waals surface area contributed by atoms with E-state index < -0.39 is 17.9 Å². The van der Waals surface area contributed by atoms with E-state index in [-0.39, 0.29) is 0 Å². The zero-order chi connectivity index (χ0) is 16.1. The number of carbonyl (C=O) groups excluding carboxylic acids is 1. The van der Waals surface area contributed by atoms with Gasteiger partial charge in [0.05, 0.1) is 10.4 Å². The van der Waals surface area contributed by atoms with Gasteiger partial charge in [0.1, 0.15) is 11.7 Å². The summed E-state index contributed by atoms with van der Waals surface area (Å²) in [6, 6.07) is 2.80. The van der Waals surface area contributed by atoms with Crippen molar-refractivity contribution >= 4 is 23.2 Å². The SMILES string of the molecule is C=CCCC(NC(=O)c1cn(C)nc1-c1cccs1)C(=O)O. The van der Waals surface area contributed by atoms with Crippen molar-refractivity contribution in [3.63, 3.8) is 0 Å². The molecule has 0 saturated carbocycles. The zero-order valence-corrected chi connectivity index (χ0v) is 13.0. The first-order chi connectivity index (χ1) is 10.5. The van der Waals surface area contributed by atoms with Crippen LogP contribution in [0.5, 0.6) is 0 Å². The summed E-state index contributed by atoms with van der Waals surface area (Å²) in [5.41, 5.74) is 0.928. The number of carbonyl (C=O) groups is 2. The molecule has 2 heterocycles. The molecule has 0 radical (unpaired) electrons. The fourth-order valence-electron chi connectivity index (χ4n) is 2.03. The third-order valence-electron chi connectivity index (χ3n) is 3.09. The number of rotatable bonds is 7. The van der Waals surface area contributed by atoms with Gasteiger partial charge < -0.3 is 10.4 Å². The van der Waals surface area contributed by atoms with E-state index in [2.05, 4.69) is 17.0 Å². The minimum atomic E-state index is -1.06. The van der Waals surface area contributed by atoms with Crippen LogP contribution in [0.15, 0.2) is 36.4 Å². The fourth-order valence-corrected chi connectivity index (χ4v) is 2.75. The van der Waals surface area contributed by atoms with Crippen LogP contribution in [-0.2, 0) is 11.8 Å². The van der Waals surface area contributed by atoms with Crippen LogP contribution in [-0.4, -0.2) is 32.8 Å². The molecule has 2 rings (SSSR count). The highest BCUT2D eigenvalue weighted by atomic mass is 32.1. The van der Waals surface area contributed by atoms with Gasteiger partial charge in [-0.1, -0.05) is 12.1 Å². The summed E-state index contributed by atoms with van der Waals surface area (Å²) in [5, 5.41) is 17.9. The lowest BCUT2D eigenvalue weighted by molar-refractivity contribution is -0.139. The smallest absolute Gasteiger partial charge is 0.326 e. The van der Waals surface area contributed by atoms with Crippen molar-refractivity contribution in [2.75, 3.05) is 0 Å². The lowest BCUT2D eigenvalue weighted by Crippen LogP contribution is -2.40. The third-order valence-corrected chi connectivity index (χ3v) is 3.97. The van der Waals surface area contributed by atoms with Gasteiger partial charge in [-0.05, 0) is 24.3 Å². The summed E-state index contributed by atoms with van der Waals surface area (Å²) >= 11 is 1.47. The van der Waals surface area contributed by atoms with Gasteiger partial charge in [-0.15, -0.1) is 17.9 Å². The predicted octanol–water partition coefficient (Wildman–Crippen LogP) is 2.30. The first kappa shape index (κ1) is 16.0.